The van der Waals surface area contributed by atoms with E-state index in [4.69, 9.17) is 9.84 Å². The molecule has 0 aliphatic rings. The van der Waals surface area contributed by atoms with Gasteiger partial charge in [0.05, 0.1) is 5.60 Å². The molecule has 0 saturated heterocycles. The predicted octanol–water partition coefficient (Wildman–Crippen LogP) is 2.64. The van der Waals surface area contributed by atoms with Crippen molar-refractivity contribution in [3.8, 4) is 0 Å². The summed E-state index contributed by atoms with van der Waals surface area (Å²) in [4.78, 5) is 0. The molecule has 1 radical (unpaired) electrons. The van der Waals surface area contributed by atoms with Crippen LogP contribution < -0.4 is 0 Å². The number of rotatable bonds is 1. The van der Waals surface area contributed by atoms with Gasteiger partial charge in [-0.15, -0.1) is 0 Å². The smallest absolute Gasteiger partial charge is 0.155 e. The maximum atomic E-state index is 8.55. The van der Waals surface area contributed by atoms with Crippen molar-refractivity contribution in [2.45, 2.75) is 32.7 Å². The summed E-state index contributed by atoms with van der Waals surface area (Å²) >= 11 is 6.25. The molecule has 0 aliphatic carbocycles. The predicted molar refractivity (Wildman–Crippen MR) is 50.1 cm³/mol. The average molecular weight is 342 g/mol. The Morgan fingerprint density at radius 1 is 1.45 bits per heavy atom. The van der Waals surface area contributed by atoms with Crippen LogP contribution in [-0.2, 0) is 17.9 Å². The number of aliphatic hydroxyl groups excluding tert-OH is 1. The van der Waals surface area contributed by atoms with Gasteiger partial charge in [0.2, 0.25) is 0 Å². The molecule has 0 heterocycles. The summed E-state index contributed by atoms with van der Waals surface area (Å²) in [5.74, 6) is 0. The van der Waals surface area contributed by atoms with Crippen LogP contribution in [-0.4, -0.2) is 17.0 Å². The van der Waals surface area contributed by atoms with Crippen LogP contribution >= 0.6 is 27.2 Å². The van der Waals surface area contributed by atoms with Crippen LogP contribution in [0.5, 0.6) is 0 Å². The fraction of sp³-hybridized carbons (Fsp3) is 0.833. The van der Waals surface area contributed by atoms with Crippen molar-refractivity contribution in [2.24, 2.45) is 0 Å². The Morgan fingerprint density at radius 3 is 1.73 bits per heavy atom. The van der Waals surface area contributed by atoms with Gasteiger partial charge in [0.25, 0.3) is 0 Å². The normalized spacial score (nSPS) is 12.6. The Balaban J connectivity index is 0. The van der Waals surface area contributed by atoms with E-state index in [2.05, 4.69) is 34.2 Å². The zero-order chi connectivity index (χ0) is 9.49. The first-order chi connectivity index (χ1) is 4.83. The molecular weight excluding hydrogens is 329 g/mol. The van der Waals surface area contributed by atoms with E-state index >= 15 is 0 Å². The third kappa shape index (κ3) is 24.6. The standard InChI is InChI=1S/C6H13O2.2BrH.Zn/c1-5(7)8-6(2,3)4;;;/h5,7H,1H2,2-4H3;2*1H;/q;;;+2/p-2. The Bertz CT molecular complexity index is 83.1. The van der Waals surface area contributed by atoms with Crippen LogP contribution in [0.25, 0.3) is 0 Å². The Hall–Kier alpha value is 1.50. The molecule has 1 atom stereocenters. The van der Waals surface area contributed by atoms with Crippen LogP contribution in [0.2, 0.25) is 0 Å². The number of aliphatic hydroxyl groups is 1. The zero-order valence-electron chi connectivity index (χ0n) is 7.10. The SMILES string of the molecule is [Br][Zn][Br].[CH2]C(O)OC(C)(C)C. The topological polar surface area (TPSA) is 29.5 Å². The third-order valence-corrected chi connectivity index (χ3v) is 0.490. The molecular formula is C6H13Br2O2Zn. The van der Waals surface area contributed by atoms with Crippen LogP contribution in [0.15, 0.2) is 0 Å². The molecule has 0 bridgehead atoms. The third-order valence-electron chi connectivity index (χ3n) is 0.490. The second-order valence-electron chi connectivity index (χ2n) is 2.79. The average Bonchev–Trinajstić information content (AvgIpc) is 1.57. The van der Waals surface area contributed by atoms with Gasteiger partial charge in [-0.1, -0.05) is 0 Å². The largest absolute Gasteiger partial charge is 0.368 e. The van der Waals surface area contributed by atoms with Gasteiger partial charge in [-0.25, -0.2) is 0 Å². The molecule has 0 aromatic heterocycles. The van der Waals surface area contributed by atoms with Crippen molar-refractivity contribution in [1.29, 1.82) is 0 Å². The second kappa shape index (κ2) is 8.12. The van der Waals surface area contributed by atoms with Gasteiger partial charge in [0.15, 0.2) is 6.29 Å². The number of ether oxygens (including phenoxy) is 1. The van der Waals surface area contributed by atoms with E-state index in [9.17, 15) is 0 Å². The van der Waals surface area contributed by atoms with E-state index in [0.717, 1.165) is 0 Å². The minimum atomic E-state index is -0.907. The molecule has 65 valence electrons. The molecule has 0 aromatic carbocycles. The Kier molecular flexibility index (Phi) is 11.1. The molecule has 0 rings (SSSR count). The van der Waals surface area contributed by atoms with Gasteiger partial charge >= 0.3 is 40.5 Å². The van der Waals surface area contributed by atoms with E-state index in [1.165, 1.54) is 0 Å². The summed E-state index contributed by atoms with van der Waals surface area (Å²) in [5, 5.41) is 8.55. The first-order valence-corrected chi connectivity index (χ1v) is 17.0. The molecule has 0 spiro atoms. The van der Waals surface area contributed by atoms with Crippen molar-refractivity contribution in [3.63, 3.8) is 0 Å². The fourth-order valence-electron chi connectivity index (χ4n) is 0.408. The summed E-state index contributed by atoms with van der Waals surface area (Å²) in [6.07, 6.45) is -0.907. The Labute approximate surface area is 89.4 Å². The first-order valence-electron chi connectivity index (χ1n) is 3.14. The van der Waals surface area contributed by atoms with Crippen LogP contribution in [0.4, 0.5) is 0 Å². The second-order valence-corrected chi connectivity index (χ2v) is 16.9. The molecule has 0 amide bonds. The summed E-state index contributed by atoms with van der Waals surface area (Å²) in [6, 6.07) is 0. The fourth-order valence-corrected chi connectivity index (χ4v) is 0.408. The van der Waals surface area contributed by atoms with E-state index in [0.29, 0.717) is 0 Å². The monoisotopic (exact) mass is 339 g/mol. The van der Waals surface area contributed by atoms with Gasteiger partial charge in [0, 0.05) is 6.92 Å². The van der Waals surface area contributed by atoms with Crippen molar-refractivity contribution < 1.29 is 23.1 Å². The van der Waals surface area contributed by atoms with Crippen LogP contribution in [0, 0.1) is 6.92 Å². The quantitative estimate of drug-likeness (QED) is 0.586. The zero-order valence-corrected chi connectivity index (χ0v) is 13.2. The Morgan fingerprint density at radius 2 is 1.73 bits per heavy atom. The van der Waals surface area contributed by atoms with Crippen molar-refractivity contribution in [1.82, 2.24) is 0 Å². The summed E-state index contributed by atoms with van der Waals surface area (Å²) in [6.45, 7) is 8.84. The molecule has 0 aliphatic heterocycles. The van der Waals surface area contributed by atoms with Crippen LogP contribution in [0.3, 0.4) is 0 Å². The molecule has 11 heavy (non-hydrogen) atoms. The number of hydrogen-bond donors (Lipinski definition) is 1. The molecule has 5 heteroatoms. The summed E-state index contributed by atoms with van der Waals surface area (Å²) in [7, 11) is 0. The minimum absolute atomic E-state index is 0.250. The van der Waals surface area contributed by atoms with Crippen LogP contribution in [0.1, 0.15) is 20.8 Å². The number of hydrogen-bond acceptors (Lipinski definition) is 2. The molecule has 1 N–H and O–H groups in total. The maximum Gasteiger partial charge on any atom is 0.155 e. The molecule has 1 unspecified atom stereocenters. The first kappa shape index (κ1) is 15.0. The minimum Gasteiger partial charge on any atom is -0.368 e. The van der Waals surface area contributed by atoms with Crippen molar-refractivity contribution in [2.75, 3.05) is 0 Å². The van der Waals surface area contributed by atoms with E-state index < -0.39 is 6.29 Å². The van der Waals surface area contributed by atoms with E-state index in [1.807, 2.05) is 20.8 Å². The molecule has 0 aromatic rings. The molecule has 0 fully saturated rings. The van der Waals surface area contributed by atoms with Gasteiger partial charge < -0.3 is 9.84 Å². The molecule has 2 nitrogen and oxygen atoms in total. The van der Waals surface area contributed by atoms with E-state index in [-0.39, 0.29) is 18.8 Å². The number of halogens is 2. The van der Waals surface area contributed by atoms with Crippen molar-refractivity contribution in [3.05, 3.63) is 6.92 Å². The van der Waals surface area contributed by atoms with Gasteiger partial charge in [-0.3, -0.25) is 0 Å². The summed E-state index contributed by atoms with van der Waals surface area (Å²) in [5.41, 5.74) is -0.291. The van der Waals surface area contributed by atoms with Crippen molar-refractivity contribution >= 4 is 27.2 Å². The summed E-state index contributed by atoms with van der Waals surface area (Å²) < 4.78 is 4.88. The van der Waals surface area contributed by atoms with E-state index in [1.54, 1.807) is 0 Å². The molecule has 0 saturated carbocycles. The van der Waals surface area contributed by atoms with Gasteiger partial charge in [-0.05, 0) is 20.8 Å². The van der Waals surface area contributed by atoms with Gasteiger partial charge in [0.1, 0.15) is 0 Å². The maximum absolute atomic E-state index is 8.55. The van der Waals surface area contributed by atoms with Gasteiger partial charge in [-0.2, -0.15) is 0 Å².